The largest absolute Gasteiger partial charge is 0.477 e. The van der Waals surface area contributed by atoms with Gasteiger partial charge in [0, 0.05) is 6.20 Å². The minimum atomic E-state index is -3.94. The highest BCUT2D eigenvalue weighted by atomic mass is 32.2. The summed E-state index contributed by atoms with van der Waals surface area (Å²) in [5.41, 5.74) is -0.234. The molecule has 0 aliphatic carbocycles. The fraction of sp³-hybridized carbons (Fsp3) is 0. The van der Waals surface area contributed by atoms with E-state index in [0.717, 1.165) is 12.3 Å². The van der Waals surface area contributed by atoms with Crippen LogP contribution in [0.1, 0.15) is 10.5 Å². The predicted molar refractivity (Wildman–Crippen MR) is 58.4 cm³/mol. The topological polar surface area (TPSA) is 138 Å². The number of aromatic nitrogens is 4. The molecule has 2 aromatic heterocycles. The monoisotopic (exact) mass is 269 g/mol. The first-order valence-electron chi connectivity index (χ1n) is 4.57. The molecule has 0 saturated heterocycles. The molecule has 0 amide bonds. The highest BCUT2D eigenvalue weighted by Crippen LogP contribution is 2.13. The maximum atomic E-state index is 11.8. The number of sulfonamides is 1. The maximum absolute atomic E-state index is 11.8. The number of hydrogen-bond donors (Lipinski definition) is 3. The Hall–Kier alpha value is -2.49. The van der Waals surface area contributed by atoms with Gasteiger partial charge in [-0.2, -0.15) is 5.10 Å². The van der Waals surface area contributed by atoms with Gasteiger partial charge in [-0.1, -0.05) is 0 Å². The lowest BCUT2D eigenvalue weighted by molar-refractivity contribution is 0.0691. The van der Waals surface area contributed by atoms with Crippen LogP contribution in [0.5, 0.6) is 0 Å². The third-order valence-electron chi connectivity index (χ3n) is 1.91. The van der Waals surface area contributed by atoms with E-state index in [0.29, 0.717) is 0 Å². The lowest BCUT2D eigenvalue weighted by Gasteiger charge is -2.02. The lowest BCUT2D eigenvalue weighted by Crippen LogP contribution is -2.14. The van der Waals surface area contributed by atoms with Crippen molar-refractivity contribution < 1.29 is 18.3 Å². The molecule has 0 aliphatic heterocycles. The van der Waals surface area contributed by atoms with E-state index < -0.39 is 16.0 Å². The molecule has 0 fully saturated rings. The number of aromatic amines is 1. The van der Waals surface area contributed by atoms with Gasteiger partial charge in [0.15, 0.2) is 0 Å². The number of anilines is 1. The zero-order valence-electron chi connectivity index (χ0n) is 8.73. The van der Waals surface area contributed by atoms with E-state index in [4.69, 9.17) is 5.11 Å². The summed E-state index contributed by atoms with van der Waals surface area (Å²) in [5, 5.41) is 15.6. The molecule has 94 valence electrons. The van der Waals surface area contributed by atoms with E-state index in [9.17, 15) is 13.2 Å². The van der Waals surface area contributed by atoms with E-state index in [1.165, 1.54) is 12.4 Å². The summed E-state index contributed by atoms with van der Waals surface area (Å²) in [7, 11) is -3.94. The molecule has 0 unspecified atom stereocenters. The summed E-state index contributed by atoms with van der Waals surface area (Å²) in [6.45, 7) is 0. The van der Waals surface area contributed by atoms with Crippen LogP contribution in [0.4, 0.5) is 5.95 Å². The molecule has 0 bridgehead atoms. The Morgan fingerprint density at radius 1 is 1.39 bits per heavy atom. The Morgan fingerprint density at radius 3 is 2.72 bits per heavy atom. The van der Waals surface area contributed by atoms with Crippen LogP contribution >= 0.6 is 0 Å². The van der Waals surface area contributed by atoms with E-state index >= 15 is 0 Å². The standard InChI is InChI=1S/C8H7N5O4S/c14-7(15)6-3-5(4-10-6)18(16,17)13-8-9-1-2-11-12-8/h1-4,10H,(H,14,15)(H,9,12,13). The summed E-state index contributed by atoms with van der Waals surface area (Å²) in [4.78, 5) is 16.4. The zero-order chi connectivity index (χ0) is 13.2. The Balaban J connectivity index is 2.28. The molecular formula is C8H7N5O4S. The van der Waals surface area contributed by atoms with E-state index in [1.807, 2.05) is 0 Å². The Kier molecular flexibility index (Phi) is 2.93. The molecule has 0 radical (unpaired) electrons. The average molecular weight is 269 g/mol. The van der Waals surface area contributed by atoms with Gasteiger partial charge in [-0.25, -0.2) is 22.9 Å². The van der Waals surface area contributed by atoms with Crippen LogP contribution in [-0.4, -0.2) is 39.7 Å². The second-order valence-electron chi connectivity index (χ2n) is 3.13. The molecule has 0 aliphatic rings. The number of nitrogens with zero attached hydrogens (tertiary/aromatic N) is 3. The van der Waals surface area contributed by atoms with E-state index in [2.05, 4.69) is 24.9 Å². The van der Waals surface area contributed by atoms with E-state index in [1.54, 1.807) is 0 Å². The number of aromatic carboxylic acids is 1. The second kappa shape index (κ2) is 4.41. The Morgan fingerprint density at radius 2 is 2.17 bits per heavy atom. The number of nitrogens with one attached hydrogen (secondary N) is 2. The fourth-order valence-corrected chi connectivity index (χ4v) is 2.07. The normalized spacial score (nSPS) is 11.1. The molecule has 10 heteroatoms. The van der Waals surface area contributed by atoms with Crippen molar-refractivity contribution in [3.05, 3.63) is 30.4 Å². The summed E-state index contributed by atoms with van der Waals surface area (Å²) in [5.74, 6) is -1.45. The molecule has 2 aromatic rings. The molecule has 0 atom stereocenters. The van der Waals surface area contributed by atoms with Crippen molar-refractivity contribution in [2.24, 2.45) is 0 Å². The first-order valence-corrected chi connectivity index (χ1v) is 6.05. The van der Waals surface area contributed by atoms with Crippen molar-refractivity contribution in [2.45, 2.75) is 4.90 Å². The van der Waals surface area contributed by atoms with Gasteiger partial charge < -0.3 is 10.1 Å². The highest BCUT2D eigenvalue weighted by molar-refractivity contribution is 7.92. The van der Waals surface area contributed by atoms with Crippen LogP contribution in [0, 0.1) is 0 Å². The maximum Gasteiger partial charge on any atom is 0.352 e. The minimum Gasteiger partial charge on any atom is -0.477 e. The van der Waals surface area contributed by atoms with Crippen LogP contribution in [0.3, 0.4) is 0 Å². The molecule has 18 heavy (non-hydrogen) atoms. The van der Waals surface area contributed by atoms with Gasteiger partial charge in [0.05, 0.1) is 12.4 Å². The smallest absolute Gasteiger partial charge is 0.352 e. The van der Waals surface area contributed by atoms with Gasteiger partial charge in [0.1, 0.15) is 10.6 Å². The molecule has 9 nitrogen and oxygen atoms in total. The summed E-state index contributed by atoms with van der Waals surface area (Å²) < 4.78 is 25.7. The number of H-pyrrole nitrogens is 1. The van der Waals surface area contributed by atoms with Crippen LogP contribution in [0.15, 0.2) is 29.6 Å². The quantitative estimate of drug-likeness (QED) is 0.692. The van der Waals surface area contributed by atoms with Gasteiger partial charge in [-0.05, 0) is 6.07 Å². The first kappa shape index (κ1) is 12.0. The molecule has 0 spiro atoms. The average Bonchev–Trinajstić information content (AvgIpc) is 2.79. The summed E-state index contributed by atoms with van der Waals surface area (Å²) in [6.07, 6.45) is 3.61. The van der Waals surface area contributed by atoms with Crippen LogP contribution in [-0.2, 0) is 10.0 Å². The Bertz CT molecular complexity index is 666. The van der Waals surface area contributed by atoms with Crippen LogP contribution < -0.4 is 4.72 Å². The van der Waals surface area contributed by atoms with E-state index in [-0.39, 0.29) is 16.5 Å². The Labute approximate surface area is 101 Å². The molecule has 0 aromatic carbocycles. The lowest BCUT2D eigenvalue weighted by atomic mass is 10.4. The van der Waals surface area contributed by atoms with Gasteiger partial charge in [0.2, 0.25) is 0 Å². The molecule has 2 rings (SSSR count). The van der Waals surface area contributed by atoms with Crippen molar-refractivity contribution in [1.82, 2.24) is 20.2 Å². The van der Waals surface area contributed by atoms with Crippen molar-refractivity contribution in [3.63, 3.8) is 0 Å². The number of carboxylic acids is 1. The first-order chi connectivity index (χ1) is 8.49. The number of carbonyl (C=O) groups is 1. The zero-order valence-corrected chi connectivity index (χ0v) is 9.55. The molecule has 3 N–H and O–H groups in total. The minimum absolute atomic E-state index is 0.199. The van der Waals surface area contributed by atoms with Gasteiger partial charge in [0.25, 0.3) is 16.0 Å². The molecule has 0 saturated carbocycles. The number of carboxylic acid groups (broad SMARTS) is 1. The predicted octanol–water partition coefficient (Wildman–Crippen LogP) is -0.301. The highest BCUT2D eigenvalue weighted by Gasteiger charge is 2.19. The number of hydrogen-bond acceptors (Lipinski definition) is 6. The van der Waals surface area contributed by atoms with Gasteiger partial charge in [-0.3, -0.25) is 0 Å². The van der Waals surface area contributed by atoms with Crippen molar-refractivity contribution in [2.75, 3.05) is 4.72 Å². The van der Waals surface area contributed by atoms with Gasteiger partial charge >= 0.3 is 5.97 Å². The molecular weight excluding hydrogens is 262 g/mol. The summed E-state index contributed by atoms with van der Waals surface area (Å²) >= 11 is 0. The third kappa shape index (κ3) is 2.43. The van der Waals surface area contributed by atoms with Crippen LogP contribution in [0.2, 0.25) is 0 Å². The van der Waals surface area contributed by atoms with Crippen molar-refractivity contribution in [1.29, 1.82) is 0 Å². The van der Waals surface area contributed by atoms with Gasteiger partial charge in [-0.15, -0.1) is 5.10 Å². The fourth-order valence-electron chi connectivity index (χ4n) is 1.13. The second-order valence-corrected chi connectivity index (χ2v) is 4.81. The van der Waals surface area contributed by atoms with Crippen molar-refractivity contribution >= 4 is 21.9 Å². The van der Waals surface area contributed by atoms with Crippen LogP contribution in [0.25, 0.3) is 0 Å². The van der Waals surface area contributed by atoms with Crippen molar-refractivity contribution in [3.8, 4) is 0 Å². The summed E-state index contributed by atoms with van der Waals surface area (Å²) in [6, 6.07) is 0.987. The molecule has 2 heterocycles. The SMILES string of the molecule is O=C(O)c1cc(S(=O)(=O)Nc2nccnn2)c[nH]1. The number of rotatable bonds is 4. The third-order valence-corrected chi connectivity index (χ3v) is 3.21.